The number of carboxylic acid groups (broad SMARTS) is 1. The minimum absolute atomic E-state index is 0.0130. The Balaban J connectivity index is 0.000000421. The second kappa shape index (κ2) is 63.0. The number of unbranched alkanes of at least 4 members (excludes halogenated alkanes) is 28. The topological polar surface area (TPSA) is 206 Å². The summed E-state index contributed by atoms with van der Waals surface area (Å²) < 4.78 is 36.9. The molecule has 6 aromatic rings. The molecule has 0 aromatic heterocycles. The lowest BCUT2D eigenvalue weighted by molar-refractivity contribution is -0.140. The summed E-state index contributed by atoms with van der Waals surface area (Å²) in [6, 6.07) is 57.3. The fraction of sp³-hybridized carbons (Fsp3) is 0.608. The van der Waals surface area contributed by atoms with Crippen LogP contribution < -0.4 is 51.9 Å². The maximum atomic E-state index is 13.7. The quantitative estimate of drug-likeness (QED) is 0.0179. The smallest absolute Gasteiger partial charge is 0.305 e. The average Bonchev–Trinajstić information content (AvgIpc) is 0.753. The lowest BCUT2D eigenvalue weighted by Crippen LogP contribution is -2.67. The van der Waals surface area contributed by atoms with Gasteiger partial charge in [-0.3, -0.25) is 19.2 Å². The first-order valence-electron chi connectivity index (χ1n) is 46.4. The predicted octanol–water partition coefficient (Wildman–Crippen LogP) is 22.3. The van der Waals surface area contributed by atoms with Crippen molar-refractivity contribution in [2.45, 2.75) is 361 Å². The lowest BCUT2D eigenvalue weighted by Gasteiger charge is -2.43. The van der Waals surface area contributed by atoms with Crippen molar-refractivity contribution in [2.75, 3.05) is 40.5 Å². The predicted molar refractivity (Wildman–Crippen MR) is 502 cm³/mol. The zero-order valence-electron chi connectivity index (χ0n) is 76.2. The van der Waals surface area contributed by atoms with Crippen LogP contribution in [0.25, 0.3) is 0 Å². The molecule has 119 heavy (non-hydrogen) atoms. The van der Waals surface area contributed by atoms with E-state index in [1.807, 2.05) is 72.8 Å². The van der Waals surface area contributed by atoms with Gasteiger partial charge in [0.25, 0.3) is 16.6 Å². The van der Waals surface area contributed by atoms with Crippen molar-refractivity contribution in [3.05, 3.63) is 181 Å². The minimum Gasteiger partial charge on any atom is -0.497 e. The van der Waals surface area contributed by atoms with E-state index in [-0.39, 0.29) is 72.0 Å². The van der Waals surface area contributed by atoms with E-state index in [2.05, 4.69) is 182 Å². The molecule has 0 aliphatic heterocycles. The van der Waals surface area contributed by atoms with Gasteiger partial charge in [0, 0.05) is 25.9 Å². The number of amides is 3. The number of carboxylic acids is 1. The zero-order chi connectivity index (χ0) is 86.5. The minimum atomic E-state index is -2.87. The van der Waals surface area contributed by atoms with Crippen LogP contribution in [-0.2, 0) is 50.7 Å². The second-order valence-corrected chi connectivity index (χ2v) is 43.5. The second-order valence-electron chi connectivity index (χ2n) is 34.9. The number of nitrogens with two attached hydrogens (primary N) is 1. The summed E-state index contributed by atoms with van der Waals surface area (Å²) in [5.41, 5.74) is 8.19. The molecule has 0 fully saturated rings. The molecule has 6 rings (SSSR count). The maximum Gasteiger partial charge on any atom is 0.305 e. The third kappa shape index (κ3) is 42.6. The summed E-state index contributed by atoms with van der Waals surface area (Å²) >= 11 is 0. The summed E-state index contributed by atoms with van der Waals surface area (Å²) in [6.45, 7) is 24.7. The number of nitrogens with one attached hydrogen (secondary N) is 3. The molecule has 4 atom stereocenters. The van der Waals surface area contributed by atoms with Crippen LogP contribution in [0.4, 0.5) is 0 Å². The fourth-order valence-corrected chi connectivity index (χ4v) is 25.0. The zero-order valence-corrected chi connectivity index (χ0v) is 78.2. The summed E-state index contributed by atoms with van der Waals surface area (Å²) in [5.74, 6) is 0.838. The first-order chi connectivity index (χ1) is 57.6. The third-order valence-electron chi connectivity index (χ3n) is 22.8. The van der Waals surface area contributed by atoms with Crippen molar-refractivity contribution in [1.29, 1.82) is 0 Å². The molecule has 0 saturated carbocycles. The number of rotatable bonds is 63. The Morgan fingerprint density at radius 3 is 0.950 bits per heavy atom. The van der Waals surface area contributed by atoms with Gasteiger partial charge in [0.2, 0.25) is 17.7 Å². The molecular formula is C102H162N4O11Si2. The van der Waals surface area contributed by atoms with E-state index < -0.39 is 28.6 Å². The molecule has 6 aromatic carbocycles. The van der Waals surface area contributed by atoms with Gasteiger partial charge in [-0.15, -0.1) is 0 Å². The van der Waals surface area contributed by atoms with Gasteiger partial charge >= 0.3 is 5.97 Å². The molecule has 0 bridgehead atoms. The molecular weight excluding hydrogens is 1510 g/mol. The summed E-state index contributed by atoms with van der Waals surface area (Å²) in [7, 11) is -2.22. The van der Waals surface area contributed by atoms with Crippen LogP contribution in [0.2, 0.25) is 10.1 Å². The van der Waals surface area contributed by atoms with Gasteiger partial charge in [0.1, 0.15) is 11.5 Å². The number of hydrogen-bond acceptors (Lipinski definition) is 11. The van der Waals surface area contributed by atoms with E-state index in [4.69, 9.17) is 38.6 Å². The Morgan fingerprint density at radius 1 is 0.370 bits per heavy atom. The molecule has 6 N–H and O–H groups in total. The van der Waals surface area contributed by atoms with Gasteiger partial charge in [0.15, 0.2) is 0 Å². The van der Waals surface area contributed by atoms with Crippen LogP contribution in [0.1, 0.15) is 324 Å². The van der Waals surface area contributed by atoms with E-state index in [1.54, 1.807) is 14.2 Å². The van der Waals surface area contributed by atoms with E-state index in [0.717, 1.165) is 86.8 Å². The lowest BCUT2D eigenvalue weighted by atomic mass is 10.1. The molecule has 0 heterocycles. The van der Waals surface area contributed by atoms with Gasteiger partial charge in [-0.1, -0.05) is 407 Å². The van der Waals surface area contributed by atoms with Crippen molar-refractivity contribution < 1.29 is 52.1 Å². The Kier molecular flexibility index (Phi) is 55.3. The molecule has 0 unspecified atom stereocenters. The van der Waals surface area contributed by atoms with Crippen molar-refractivity contribution in [1.82, 2.24) is 16.0 Å². The van der Waals surface area contributed by atoms with Crippen LogP contribution in [-0.4, -0.2) is 110 Å². The van der Waals surface area contributed by atoms with Gasteiger partial charge in [0.05, 0.1) is 77.8 Å². The summed E-state index contributed by atoms with van der Waals surface area (Å²) in [4.78, 5) is 50.9. The van der Waals surface area contributed by atoms with Crippen molar-refractivity contribution in [2.24, 2.45) is 5.73 Å². The first kappa shape index (κ1) is 104. The van der Waals surface area contributed by atoms with Crippen molar-refractivity contribution >= 4 is 61.1 Å². The number of ether oxygens (including phenoxy) is 4. The van der Waals surface area contributed by atoms with E-state index in [1.165, 1.54) is 175 Å². The Hall–Kier alpha value is -6.97. The van der Waals surface area contributed by atoms with Gasteiger partial charge in [-0.05, 0) is 91.9 Å². The molecule has 17 heteroatoms. The molecule has 664 valence electrons. The highest BCUT2D eigenvalue weighted by molar-refractivity contribution is 7.00. The van der Waals surface area contributed by atoms with Crippen LogP contribution in [0.3, 0.4) is 0 Å². The molecule has 15 nitrogen and oxygen atoms in total. The van der Waals surface area contributed by atoms with Gasteiger partial charge in [-0.25, -0.2) is 0 Å². The molecule has 0 aliphatic rings. The highest BCUT2D eigenvalue weighted by atomic mass is 28.4. The Morgan fingerprint density at radius 2 is 0.655 bits per heavy atom. The highest BCUT2D eigenvalue weighted by Crippen LogP contribution is 2.38. The Labute approximate surface area is 724 Å². The van der Waals surface area contributed by atoms with Crippen LogP contribution in [0.5, 0.6) is 11.5 Å². The average molecular weight is 1680 g/mol. The number of aliphatic carboxylic acids is 1. The SMILES string of the molecule is CCCCCCCCCCCCCC(=O)N[C@H](CN)CO[Si](c1ccccc1)(c1ccccc1)C(C)(C)C.CCCCCCCCCCCCCC(=O)N[C@H](CNC(=O)C[C@@H](CCCCCCC)OCc1ccc(OC)cc1)CO[Si](c1ccccc1)(c1ccccc1)C(C)(C)C.CCCCCCC[C@H](CC(=O)O)OCc1ccc(OC)cc1. The first-order valence-corrected chi connectivity index (χ1v) is 50.2. The molecule has 0 saturated heterocycles. The highest BCUT2D eigenvalue weighted by Gasteiger charge is 2.52. The molecule has 0 spiro atoms. The molecule has 0 aliphatic carbocycles. The normalized spacial score (nSPS) is 12.7. The fourth-order valence-electron chi connectivity index (χ4n) is 15.8. The summed E-state index contributed by atoms with van der Waals surface area (Å²) in [5, 5.41) is 23.2. The number of methoxy groups -OCH3 is 2. The number of carbonyl (C=O) groups excluding carboxylic acids is 3. The monoisotopic (exact) mass is 1680 g/mol. The van der Waals surface area contributed by atoms with Crippen molar-refractivity contribution in [3.8, 4) is 11.5 Å². The number of carbonyl (C=O) groups is 4. The number of benzene rings is 6. The molecule has 0 radical (unpaired) electrons. The van der Waals surface area contributed by atoms with Gasteiger partial charge < -0.3 is 54.6 Å². The van der Waals surface area contributed by atoms with Crippen molar-refractivity contribution in [3.63, 3.8) is 0 Å². The van der Waals surface area contributed by atoms with E-state index in [9.17, 15) is 19.2 Å². The van der Waals surface area contributed by atoms with E-state index in [0.29, 0.717) is 39.2 Å². The number of hydrogen-bond donors (Lipinski definition) is 5. The summed E-state index contributed by atoms with van der Waals surface area (Å²) in [6.07, 6.45) is 41.9. The molecule has 3 amide bonds. The van der Waals surface area contributed by atoms with Crippen LogP contribution >= 0.6 is 0 Å². The van der Waals surface area contributed by atoms with Gasteiger partial charge in [-0.2, -0.15) is 0 Å². The largest absolute Gasteiger partial charge is 0.497 e. The third-order valence-corrected chi connectivity index (χ3v) is 32.8. The van der Waals surface area contributed by atoms with Crippen LogP contribution in [0, 0.1) is 0 Å². The van der Waals surface area contributed by atoms with Crippen LogP contribution in [0.15, 0.2) is 170 Å². The Bertz CT molecular complexity index is 3430. The standard InChI is InChI=1S/C51H80N2O5Si.C33H54N2O2Si.C18H28O4/c1-7-9-11-13-14-15-16-17-18-20-28-34-49(54)53-44(42-58-59(51(3,4)5,47-30-24-21-25-31-47)48-32-26-22-27-33-48)40-52-50(55)39-46(29-23-19-12-10-8-2)57-41-43-35-37-45(56-6)38-36-43;1-5-6-7-8-9-10-11-12-13-14-21-26-32(36)35-29(27-34)28-37-38(33(2,3)4,30-22-17-15-18-23-30)31-24-19-16-20-25-31;1-3-4-5-6-7-8-17(13-18(19)20)22-14-15-9-11-16(21-2)12-10-15/h21-22,24-27,30-33,35-38,44,46H,7-20,23,28-29,34,39-42H2,1-6H3,(H,52,55)(H,53,54);15-20,22-25,29H,5-14,21,26-28,34H2,1-4H3,(H,35,36);9-12,17H,3-8,13-14H2,1-2H3,(H,19,20)/t44-,46-;29-;17-/m111/s1. The van der Waals surface area contributed by atoms with E-state index >= 15 is 0 Å². The maximum absolute atomic E-state index is 13.7.